The molecule has 0 aliphatic heterocycles. The van der Waals surface area contributed by atoms with Crippen LogP contribution in [0.5, 0.6) is 0 Å². The van der Waals surface area contributed by atoms with Crippen LogP contribution in [-0.4, -0.2) is 16.3 Å². The van der Waals surface area contributed by atoms with Crippen LogP contribution in [0.4, 0.5) is 0 Å². The lowest BCUT2D eigenvalue weighted by Gasteiger charge is -2.38. The lowest BCUT2D eigenvalue weighted by molar-refractivity contribution is 0.151. The average Bonchev–Trinajstić information content (AvgIpc) is 2.75. The first-order chi connectivity index (χ1) is 8.13. The molecule has 0 saturated heterocycles. The van der Waals surface area contributed by atoms with Gasteiger partial charge >= 0.3 is 0 Å². The molecule has 2 N–H and O–H groups in total. The Hall–Kier alpha value is -0.830. The van der Waals surface area contributed by atoms with Crippen LogP contribution in [0.2, 0.25) is 0 Å². The van der Waals surface area contributed by atoms with Crippen LogP contribution in [-0.2, 0) is 13.5 Å². The fourth-order valence-electron chi connectivity index (χ4n) is 2.94. The number of aryl methyl sites for hydroxylation is 2. The summed E-state index contributed by atoms with van der Waals surface area (Å²) in [6, 6.07) is 0. The molecule has 0 radical (unpaired) electrons. The van der Waals surface area contributed by atoms with Gasteiger partial charge in [-0.25, -0.2) is 0 Å². The first-order valence-corrected chi connectivity index (χ1v) is 6.81. The normalized spacial score (nSPS) is 29.5. The molecular weight excluding hydrogens is 210 g/mol. The Morgan fingerprint density at radius 2 is 2.18 bits per heavy atom. The Balaban J connectivity index is 1.91. The molecule has 1 aromatic rings. The van der Waals surface area contributed by atoms with E-state index in [1.165, 1.54) is 37.7 Å². The molecule has 1 fully saturated rings. The van der Waals surface area contributed by atoms with E-state index in [9.17, 15) is 0 Å². The van der Waals surface area contributed by atoms with Crippen LogP contribution < -0.4 is 5.73 Å². The Labute approximate surface area is 104 Å². The summed E-state index contributed by atoms with van der Waals surface area (Å²) in [5.41, 5.74) is 7.78. The van der Waals surface area contributed by atoms with Crippen molar-refractivity contribution < 1.29 is 0 Å². The maximum absolute atomic E-state index is 6.03. The third-order valence-electron chi connectivity index (χ3n) is 4.47. The second kappa shape index (κ2) is 5.21. The van der Waals surface area contributed by atoms with Crippen molar-refractivity contribution in [2.75, 3.05) is 6.54 Å². The van der Waals surface area contributed by atoms with Gasteiger partial charge in [0, 0.05) is 13.2 Å². The molecular formula is C14H25N3. The predicted octanol–water partition coefficient (Wildman–Crippen LogP) is 2.51. The molecule has 0 atom stereocenters. The lowest BCUT2D eigenvalue weighted by atomic mass is 9.68. The summed E-state index contributed by atoms with van der Waals surface area (Å²) in [7, 11) is 1.98. The van der Waals surface area contributed by atoms with Gasteiger partial charge in [-0.15, -0.1) is 0 Å². The summed E-state index contributed by atoms with van der Waals surface area (Å²) in [5.74, 6) is 0.896. The molecule has 96 valence electrons. The van der Waals surface area contributed by atoms with Gasteiger partial charge in [0.25, 0.3) is 0 Å². The van der Waals surface area contributed by atoms with Crippen LogP contribution in [0.1, 0.15) is 44.6 Å². The zero-order valence-electron chi connectivity index (χ0n) is 11.2. The van der Waals surface area contributed by atoms with Crippen molar-refractivity contribution in [3.8, 4) is 0 Å². The first kappa shape index (κ1) is 12.6. The van der Waals surface area contributed by atoms with Crippen molar-refractivity contribution in [2.45, 2.75) is 45.4 Å². The summed E-state index contributed by atoms with van der Waals surface area (Å²) < 4.78 is 1.88. The highest BCUT2D eigenvalue weighted by atomic mass is 15.2. The maximum Gasteiger partial charge on any atom is 0.0521 e. The van der Waals surface area contributed by atoms with Crippen LogP contribution in [0.25, 0.3) is 0 Å². The predicted molar refractivity (Wildman–Crippen MR) is 70.6 cm³/mol. The molecule has 2 rings (SSSR count). The lowest BCUT2D eigenvalue weighted by Crippen LogP contribution is -2.35. The quantitative estimate of drug-likeness (QED) is 0.871. The maximum atomic E-state index is 6.03. The molecule has 17 heavy (non-hydrogen) atoms. The van der Waals surface area contributed by atoms with Gasteiger partial charge in [0.05, 0.1) is 6.20 Å². The smallest absolute Gasteiger partial charge is 0.0521 e. The van der Waals surface area contributed by atoms with E-state index >= 15 is 0 Å². The van der Waals surface area contributed by atoms with E-state index in [-0.39, 0.29) is 0 Å². The molecule has 1 saturated carbocycles. The minimum atomic E-state index is 0.405. The van der Waals surface area contributed by atoms with Crippen molar-refractivity contribution in [2.24, 2.45) is 24.1 Å². The number of aromatic nitrogens is 2. The third-order valence-corrected chi connectivity index (χ3v) is 4.47. The van der Waals surface area contributed by atoms with Crippen LogP contribution >= 0.6 is 0 Å². The van der Waals surface area contributed by atoms with Gasteiger partial charge in [0.15, 0.2) is 0 Å². The Morgan fingerprint density at radius 1 is 1.47 bits per heavy atom. The number of hydrogen-bond donors (Lipinski definition) is 1. The molecule has 0 spiro atoms. The van der Waals surface area contributed by atoms with E-state index < -0.39 is 0 Å². The van der Waals surface area contributed by atoms with Gasteiger partial charge in [-0.2, -0.15) is 5.10 Å². The third kappa shape index (κ3) is 3.09. The fraction of sp³-hybridized carbons (Fsp3) is 0.786. The average molecular weight is 235 g/mol. The van der Waals surface area contributed by atoms with E-state index in [0.717, 1.165) is 18.9 Å². The molecule has 0 unspecified atom stereocenters. The van der Waals surface area contributed by atoms with Crippen molar-refractivity contribution in [3.05, 3.63) is 18.0 Å². The zero-order chi connectivity index (χ0) is 12.3. The first-order valence-electron chi connectivity index (χ1n) is 6.81. The van der Waals surface area contributed by atoms with Crippen molar-refractivity contribution >= 4 is 0 Å². The largest absolute Gasteiger partial charge is 0.330 e. The van der Waals surface area contributed by atoms with E-state index in [4.69, 9.17) is 5.73 Å². The van der Waals surface area contributed by atoms with Gasteiger partial charge < -0.3 is 5.73 Å². The standard InChI is InChI=1S/C14H25N3/c1-12-3-6-14(11-15,7-4-12)8-5-13-9-16-17(2)10-13/h9-10,12H,3-8,11,15H2,1-2H3. The van der Waals surface area contributed by atoms with Crippen molar-refractivity contribution in [3.63, 3.8) is 0 Å². The van der Waals surface area contributed by atoms with E-state index in [2.05, 4.69) is 18.2 Å². The van der Waals surface area contributed by atoms with Crippen molar-refractivity contribution in [1.29, 1.82) is 0 Å². The molecule has 1 aromatic heterocycles. The number of nitrogens with zero attached hydrogens (tertiary/aromatic N) is 2. The summed E-state index contributed by atoms with van der Waals surface area (Å²) in [5, 5.41) is 4.23. The Morgan fingerprint density at radius 3 is 2.71 bits per heavy atom. The SMILES string of the molecule is CC1CCC(CN)(CCc2cnn(C)c2)CC1. The molecule has 0 aromatic carbocycles. The highest BCUT2D eigenvalue weighted by molar-refractivity contribution is 5.05. The van der Waals surface area contributed by atoms with Crippen LogP contribution in [0.3, 0.4) is 0 Å². The van der Waals surface area contributed by atoms with Gasteiger partial charge in [-0.1, -0.05) is 19.8 Å². The van der Waals surface area contributed by atoms with Gasteiger partial charge in [-0.05, 0) is 49.1 Å². The molecule has 3 heteroatoms. The second-order valence-corrected chi connectivity index (χ2v) is 5.91. The van der Waals surface area contributed by atoms with Gasteiger partial charge in [0.2, 0.25) is 0 Å². The fourth-order valence-corrected chi connectivity index (χ4v) is 2.94. The molecule has 0 bridgehead atoms. The van der Waals surface area contributed by atoms with E-state index in [1.54, 1.807) is 0 Å². The summed E-state index contributed by atoms with van der Waals surface area (Å²) in [6.45, 7) is 3.21. The minimum absolute atomic E-state index is 0.405. The molecule has 1 aliphatic rings. The van der Waals surface area contributed by atoms with Gasteiger partial charge in [0.1, 0.15) is 0 Å². The highest BCUT2D eigenvalue weighted by Gasteiger charge is 2.32. The molecule has 1 heterocycles. The van der Waals surface area contributed by atoms with Crippen LogP contribution in [0.15, 0.2) is 12.4 Å². The summed E-state index contributed by atoms with van der Waals surface area (Å²) >= 11 is 0. The Kier molecular flexibility index (Phi) is 3.87. The second-order valence-electron chi connectivity index (χ2n) is 5.91. The Bertz CT molecular complexity index is 348. The number of nitrogens with two attached hydrogens (primary N) is 1. The number of hydrogen-bond acceptors (Lipinski definition) is 2. The monoisotopic (exact) mass is 235 g/mol. The molecule has 1 aliphatic carbocycles. The summed E-state index contributed by atoms with van der Waals surface area (Å²) in [6.07, 6.45) is 11.8. The molecule has 0 amide bonds. The van der Waals surface area contributed by atoms with Crippen LogP contribution in [0, 0.1) is 11.3 Å². The van der Waals surface area contributed by atoms with E-state index in [1.807, 2.05) is 17.9 Å². The topological polar surface area (TPSA) is 43.8 Å². The zero-order valence-corrected chi connectivity index (χ0v) is 11.2. The highest BCUT2D eigenvalue weighted by Crippen LogP contribution is 2.41. The summed E-state index contributed by atoms with van der Waals surface area (Å²) in [4.78, 5) is 0. The van der Waals surface area contributed by atoms with Gasteiger partial charge in [-0.3, -0.25) is 4.68 Å². The minimum Gasteiger partial charge on any atom is -0.330 e. The molecule has 3 nitrogen and oxygen atoms in total. The van der Waals surface area contributed by atoms with E-state index in [0.29, 0.717) is 5.41 Å². The number of rotatable bonds is 4. The van der Waals surface area contributed by atoms with Crippen molar-refractivity contribution in [1.82, 2.24) is 9.78 Å².